The molecule has 88 valence electrons. The van der Waals surface area contributed by atoms with Gasteiger partial charge in [0.05, 0.1) is 20.3 Å². The standard InChI is InChI=1S/C10H19NO4/c1-13-10(12)9(11)3-5-15-7-8-2-4-14-6-8/h8-9H,2-7,11H2,1H3. The Morgan fingerprint density at radius 3 is 3.07 bits per heavy atom. The molecule has 1 saturated heterocycles. The number of carbonyl (C=O) groups is 1. The van der Waals surface area contributed by atoms with Crippen LogP contribution in [0.3, 0.4) is 0 Å². The van der Waals surface area contributed by atoms with Crippen LogP contribution in [-0.4, -0.2) is 45.5 Å². The molecule has 1 rings (SSSR count). The van der Waals surface area contributed by atoms with Crippen LogP contribution in [0.5, 0.6) is 0 Å². The summed E-state index contributed by atoms with van der Waals surface area (Å²) >= 11 is 0. The highest BCUT2D eigenvalue weighted by Crippen LogP contribution is 2.12. The first-order valence-electron chi connectivity index (χ1n) is 5.23. The van der Waals surface area contributed by atoms with Crippen molar-refractivity contribution in [2.75, 3.05) is 33.5 Å². The molecule has 2 atom stereocenters. The van der Waals surface area contributed by atoms with Crippen LogP contribution in [0.2, 0.25) is 0 Å². The molecule has 0 amide bonds. The summed E-state index contributed by atoms with van der Waals surface area (Å²) in [6, 6.07) is -0.574. The molecule has 2 unspecified atom stereocenters. The monoisotopic (exact) mass is 217 g/mol. The lowest BCUT2D eigenvalue weighted by molar-refractivity contribution is -0.142. The smallest absolute Gasteiger partial charge is 0.322 e. The molecule has 0 radical (unpaired) electrons. The fraction of sp³-hybridized carbons (Fsp3) is 0.900. The van der Waals surface area contributed by atoms with Gasteiger partial charge in [-0.25, -0.2) is 0 Å². The number of esters is 1. The highest BCUT2D eigenvalue weighted by Gasteiger charge is 2.16. The van der Waals surface area contributed by atoms with Crippen LogP contribution in [0.4, 0.5) is 0 Å². The molecular formula is C10H19NO4. The van der Waals surface area contributed by atoms with E-state index in [4.69, 9.17) is 15.2 Å². The van der Waals surface area contributed by atoms with E-state index in [9.17, 15) is 4.79 Å². The van der Waals surface area contributed by atoms with Crippen LogP contribution >= 0.6 is 0 Å². The van der Waals surface area contributed by atoms with Gasteiger partial charge in [0.15, 0.2) is 0 Å². The number of rotatable bonds is 6. The molecule has 15 heavy (non-hydrogen) atoms. The van der Waals surface area contributed by atoms with Crippen molar-refractivity contribution in [1.29, 1.82) is 0 Å². The molecule has 1 heterocycles. The summed E-state index contributed by atoms with van der Waals surface area (Å²) in [5, 5.41) is 0. The van der Waals surface area contributed by atoms with E-state index in [0.717, 1.165) is 19.6 Å². The lowest BCUT2D eigenvalue weighted by Gasteiger charge is -2.11. The average Bonchev–Trinajstić information content (AvgIpc) is 2.75. The van der Waals surface area contributed by atoms with Gasteiger partial charge in [0.25, 0.3) is 0 Å². The number of hydrogen-bond donors (Lipinski definition) is 1. The van der Waals surface area contributed by atoms with Gasteiger partial charge in [-0.2, -0.15) is 0 Å². The Labute approximate surface area is 89.9 Å². The van der Waals surface area contributed by atoms with E-state index < -0.39 is 6.04 Å². The van der Waals surface area contributed by atoms with Crippen molar-refractivity contribution in [3.05, 3.63) is 0 Å². The minimum atomic E-state index is -0.574. The molecule has 2 N–H and O–H groups in total. The molecule has 5 heteroatoms. The summed E-state index contributed by atoms with van der Waals surface area (Å²) in [7, 11) is 1.33. The third-order valence-electron chi connectivity index (χ3n) is 2.45. The molecule has 0 spiro atoms. The van der Waals surface area contributed by atoms with Gasteiger partial charge in [0, 0.05) is 19.1 Å². The molecule has 1 aliphatic rings. The molecule has 0 bridgehead atoms. The number of carbonyl (C=O) groups excluding carboxylic acids is 1. The van der Waals surface area contributed by atoms with Crippen molar-refractivity contribution in [1.82, 2.24) is 0 Å². The minimum Gasteiger partial charge on any atom is -0.468 e. The molecule has 1 fully saturated rings. The van der Waals surface area contributed by atoms with Crippen molar-refractivity contribution in [2.45, 2.75) is 18.9 Å². The van der Waals surface area contributed by atoms with E-state index in [1.165, 1.54) is 7.11 Å². The summed E-state index contributed by atoms with van der Waals surface area (Å²) in [6.45, 7) is 2.79. The lowest BCUT2D eigenvalue weighted by Crippen LogP contribution is -2.32. The Bertz CT molecular complexity index is 192. The van der Waals surface area contributed by atoms with E-state index in [0.29, 0.717) is 25.6 Å². The predicted molar refractivity (Wildman–Crippen MR) is 54.4 cm³/mol. The van der Waals surface area contributed by atoms with E-state index in [-0.39, 0.29) is 5.97 Å². The van der Waals surface area contributed by atoms with Gasteiger partial charge >= 0.3 is 5.97 Å². The normalized spacial score (nSPS) is 22.7. The van der Waals surface area contributed by atoms with Gasteiger partial charge in [0.2, 0.25) is 0 Å². The highest BCUT2D eigenvalue weighted by molar-refractivity contribution is 5.75. The molecule has 0 aromatic carbocycles. The minimum absolute atomic E-state index is 0.386. The van der Waals surface area contributed by atoms with Gasteiger partial charge < -0.3 is 19.9 Å². The quantitative estimate of drug-likeness (QED) is 0.498. The summed E-state index contributed by atoms with van der Waals surface area (Å²) in [5.74, 6) is 0.113. The van der Waals surface area contributed by atoms with E-state index in [1.54, 1.807) is 0 Å². The summed E-state index contributed by atoms with van der Waals surface area (Å²) in [6.07, 6.45) is 1.56. The van der Waals surface area contributed by atoms with E-state index >= 15 is 0 Å². The molecule has 5 nitrogen and oxygen atoms in total. The largest absolute Gasteiger partial charge is 0.468 e. The highest BCUT2D eigenvalue weighted by atomic mass is 16.5. The van der Waals surface area contributed by atoms with Gasteiger partial charge in [-0.3, -0.25) is 4.79 Å². The SMILES string of the molecule is COC(=O)C(N)CCOCC1CCOC1. The van der Waals surface area contributed by atoms with Crippen molar-refractivity contribution in [3.8, 4) is 0 Å². The zero-order valence-corrected chi connectivity index (χ0v) is 9.11. The number of hydrogen-bond acceptors (Lipinski definition) is 5. The van der Waals surface area contributed by atoms with Gasteiger partial charge in [-0.1, -0.05) is 0 Å². The topological polar surface area (TPSA) is 70.8 Å². The second-order valence-corrected chi connectivity index (χ2v) is 3.72. The second kappa shape index (κ2) is 6.76. The van der Waals surface area contributed by atoms with Crippen LogP contribution < -0.4 is 5.73 Å². The van der Waals surface area contributed by atoms with Crippen LogP contribution in [0, 0.1) is 5.92 Å². The number of methoxy groups -OCH3 is 1. The third kappa shape index (κ3) is 4.59. The first kappa shape index (κ1) is 12.4. The van der Waals surface area contributed by atoms with Crippen molar-refractivity contribution < 1.29 is 19.0 Å². The first-order chi connectivity index (χ1) is 7.24. The van der Waals surface area contributed by atoms with Crippen molar-refractivity contribution >= 4 is 5.97 Å². The zero-order chi connectivity index (χ0) is 11.1. The summed E-state index contributed by atoms with van der Waals surface area (Å²) < 4.78 is 15.1. The lowest BCUT2D eigenvalue weighted by atomic mass is 10.1. The van der Waals surface area contributed by atoms with E-state index in [1.807, 2.05) is 0 Å². The van der Waals surface area contributed by atoms with Crippen LogP contribution in [-0.2, 0) is 19.0 Å². The van der Waals surface area contributed by atoms with Gasteiger partial charge in [0.1, 0.15) is 6.04 Å². The Hall–Kier alpha value is -0.650. The third-order valence-corrected chi connectivity index (χ3v) is 2.45. The first-order valence-corrected chi connectivity index (χ1v) is 5.23. The predicted octanol–water partition coefficient (Wildman–Crippen LogP) is -0.0701. The van der Waals surface area contributed by atoms with Gasteiger partial charge in [-0.05, 0) is 12.8 Å². The fourth-order valence-corrected chi connectivity index (χ4v) is 1.44. The Balaban J connectivity index is 1.98. The average molecular weight is 217 g/mol. The maximum absolute atomic E-state index is 10.9. The van der Waals surface area contributed by atoms with Crippen LogP contribution in [0.25, 0.3) is 0 Å². The molecular weight excluding hydrogens is 198 g/mol. The Kier molecular flexibility index (Phi) is 5.60. The Morgan fingerprint density at radius 1 is 1.67 bits per heavy atom. The van der Waals surface area contributed by atoms with Crippen molar-refractivity contribution in [3.63, 3.8) is 0 Å². The summed E-state index contributed by atoms with van der Waals surface area (Å²) in [5.41, 5.74) is 5.54. The van der Waals surface area contributed by atoms with Crippen LogP contribution in [0.15, 0.2) is 0 Å². The number of ether oxygens (including phenoxy) is 3. The Morgan fingerprint density at radius 2 is 2.47 bits per heavy atom. The maximum Gasteiger partial charge on any atom is 0.322 e. The maximum atomic E-state index is 10.9. The number of nitrogens with two attached hydrogens (primary N) is 1. The fourth-order valence-electron chi connectivity index (χ4n) is 1.44. The van der Waals surface area contributed by atoms with Crippen molar-refractivity contribution in [2.24, 2.45) is 11.7 Å². The molecule has 1 aliphatic heterocycles. The molecule has 0 aromatic heterocycles. The second-order valence-electron chi connectivity index (χ2n) is 3.72. The molecule has 0 aliphatic carbocycles. The zero-order valence-electron chi connectivity index (χ0n) is 9.11. The van der Waals surface area contributed by atoms with Gasteiger partial charge in [-0.15, -0.1) is 0 Å². The molecule has 0 aromatic rings. The molecule has 0 saturated carbocycles. The van der Waals surface area contributed by atoms with E-state index in [2.05, 4.69) is 4.74 Å². The van der Waals surface area contributed by atoms with Crippen LogP contribution in [0.1, 0.15) is 12.8 Å². The summed E-state index contributed by atoms with van der Waals surface area (Å²) in [4.78, 5) is 10.9.